The van der Waals surface area contributed by atoms with Gasteiger partial charge in [-0.1, -0.05) is 84.9 Å². The Bertz CT molecular complexity index is 3350. The van der Waals surface area contributed by atoms with Crippen molar-refractivity contribution in [3.63, 3.8) is 0 Å². The van der Waals surface area contributed by atoms with Gasteiger partial charge in [0.15, 0.2) is 0 Å². The Balaban J connectivity index is 1.34. The molecule has 0 aliphatic heterocycles. The first-order valence-corrected chi connectivity index (χ1v) is 17.7. The summed E-state index contributed by atoms with van der Waals surface area (Å²) in [5.74, 6) is 0. The second-order valence-corrected chi connectivity index (χ2v) is 13.9. The average Bonchev–Trinajstić information content (AvgIpc) is 3.87. The maximum absolute atomic E-state index is 10.9. The first-order chi connectivity index (χ1) is 26.2. The van der Waals surface area contributed by atoms with Gasteiger partial charge in [-0.2, -0.15) is 10.5 Å². The summed E-state index contributed by atoms with van der Waals surface area (Å²) in [5.41, 5.74) is 6.35. The summed E-state index contributed by atoms with van der Waals surface area (Å²) in [6, 6.07) is 48.6. The normalized spacial score (nSPS) is 11.3. The molecule has 0 saturated carbocycles. The maximum Gasteiger partial charge on any atom is 0.218 e. The van der Waals surface area contributed by atoms with Gasteiger partial charge in [-0.05, 0) is 54.1 Å². The van der Waals surface area contributed by atoms with Gasteiger partial charge < -0.3 is 9.13 Å². The van der Waals surface area contributed by atoms with Crippen molar-refractivity contribution in [3.8, 4) is 34.6 Å². The lowest BCUT2D eigenvalue weighted by Gasteiger charge is -2.20. The van der Waals surface area contributed by atoms with Crippen molar-refractivity contribution >= 4 is 86.5 Å². The third-order valence-electron chi connectivity index (χ3n) is 10.2. The van der Waals surface area contributed by atoms with E-state index in [-0.39, 0.29) is 16.9 Å². The molecule has 0 bridgehead atoms. The zero-order valence-electron chi connectivity index (χ0n) is 27.8. The highest BCUT2D eigenvalue weighted by Crippen LogP contribution is 2.49. The molecule has 10 aromatic rings. The largest absolute Gasteiger partial charge is 0.329 e. The van der Waals surface area contributed by atoms with Crippen LogP contribution in [0.4, 0.5) is 11.4 Å². The summed E-state index contributed by atoms with van der Waals surface area (Å²) >= 11 is 1.76. The monoisotopic (exact) mass is 690 g/mol. The lowest BCUT2D eigenvalue weighted by atomic mass is 9.93. The van der Waals surface area contributed by atoms with Crippen molar-refractivity contribution in [2.24, 2.45) is 0 Å². The zero-order valence-corrected chi connectivity index (χ0v) is 28.6. The van der Waals surface area contributed by atoms with E-state index in [4.69, 9.17) is 13.1 Å². The molecule has 7 heteroatoms. The van der Waals surface area contributed by atoms with Crippen LogP contribution < -0.4 is 0 Å². The van der Waals surface area contributed by atoms with Gasteiger partial charge in [0.25, 0.3) is 0 Å². The van der Waals surface area contributed by atoms with Crippen LogP contribution in [0.5, 0.6) is 0 Å². The summed E-state index contributed by atoms with van der Waals surface area (Å²) < 4.78 is 6.42. The van der Waals surface area contributed by atoms with Crippen LogP contribution in [0.25, 0.3) is 96.0 Å². The summed E-state index contributed by atoms with van der Waals surface area (Å²) in [5, 5.41) is 28.1. The molecule has 0 radical (unpaired) electrons. The van der Waals surface area contributed by atoms with Crippen LogP contribution in [0.2, 0.25) is 0 Å². The highest BCUT2D eigenvalue weighted by molar-refractivity contribution is 7.26. The third kappa shape index (κ3) is 4.09. The minimum Gasteiger partial charge on any atom is -0.329 e. The number of fused-ring (bicyclic) bond motifs is 10. The van der Waals surface area contributed by atoms with Crippen molar-refractivity contribution in [1.82, 2.24) is 9.13 Å². The molecule has 6 nitrogen and oxygen atoms in total. The van der Waals surface area contributed by atoms with Crippen LogP contribution in [0.1, 0.15) is 11.1 Å². The maximum atomic E-state index is 10.9. The van der Waals surface area contributed by atoms with Crippen LogP contribution in [-0.4, -0.2) is 9.13 Å². The summed E-state index contributed by atoms with van der Waals surface area (Å²) in [6.45, 7) is 16.9. The minimum atomic E-state index is 0.0875. The molecule has 0 spiro atoms. The van der Waals surface area contributed by atoms with Crippen molar-refractivity contribution in [2.45, 2.75) is 0 Å². The summed E-state index contributed by atoms with van der Waals surface area (Å²) in [4.78, 5) is 8.00. The first-order valence-electron chi connectivity index (χ1n) is 16.9. The molecule has 53 heavy (non-hydrogen) atoms. The number of nitriles is 2. The Morgan fingerprint density at radius 1 is 0.509 bits per heavy atom. The molecule has 0 atom stereocenters. The van der Waals surface area contributed by atoms with E-state index in [0.717, 1.165) is 49.0 Å². The van der Waals surface area contributed by atoms with E-state index in [0.29, 0.717) is 28.1 Å². The predicted octanol–water partition coefficient (Wildman–Crippen LogP) is 12.8. The molecule has 242 valence electrons. The molecule has 3 aromatic heterocycles. The number of para-hydroxylation sites is 4. The van der Waals surface area contributed by atoms with Crippen LogP contribution in [0.3, 0.4) is 0 Å². The van der Waals surface area contributed by atoms with E-state index in [1.807, 2.05) is 71.3 Å². The fourth-order valence-corrected chi connectivity index (χ4v) is 9.27. The highest BCUT2D eigenvalue weighted by atomic mass is 32.1. The molecule has 0 saturated heterocycles. The van der Waals surface area contributed by atoms with E-state index in [1.54, 1.807) is 29.5 Å². The van der Waals surface area contributed by atoms with Gasteiger partial charge in [0, 0.05) is 47.3 Å². The SMILES string of the molecule is [C-]#[N+]c1cc(-c2cccc(C#N)c2-n2c3ccccc3c3c4c(ccc32)sc2ccccc24)c(C#N)c([N+]#[C-])c1-n1c2ccccc2c2ccccc21. The van der Waals surface area contributed by atoms with Crippen LogP contribution in [-0.2, 0) is 0 Å². The second kappa shape index (κ2) is 11.4. The van der Waals surface area contributed by atoms with Gasteiger partial charge >= 0.3 is 0 Å². The minimum absolute atomic E-state index is 0.0875. The van der Waals surface area contributed by atoms with Crippen molar-refractivity contribution in [1.29, 1.82) is 10.5 Å². The Hall–Kier alpha value is -7.68. The molecule has 0 fully saturated rings. The number of benzene rings is 7. The molecule has 0 unspecified atom stereocenters. The van der Waals surface area contributed by atoms with E-state index in [2.05, 4.69) is 74.9 Å². The standard InChI is InChI=1S/C46H22N6S/c1-49-35-24-33(34(26-48)44(50-2)46(35)51-36-18-7-3-13-28(36)29-14-4-8-19-37(29)51)30-17-11-12-27(25-47)45(30)52-38-20-9-5-15-31(38)42-39(52)22-23-41-43(42)32-16-6-10-21-40(32)53-41/h3-24H. The van der Waals surface area contributed by atoms with Gasteiger partial charge in [0.05, 0.1) is 63.8 Å². The van der Waals surface area contributed by atoms with Gasteiger partial charge in [0.2, 0.25) is 11.4 Å². The van der Waals surface area contributed by atoms with Gasteiger partial charge in [-0.15, -0.1) is 11.3 Å². The topological polar surface area (TPSA) is 66.2 Å². The van der Waals surface area contributed by atoms with Crippen molar-refractivity contribution in [2.75, 3.05) is 0 Å². The molecular weight excluding hydrogens is 669 g/mol. The molecule has 0 aliphatic rings. The number of hydrogen-bond acceptors (Lipinski definition) is 3. The van der Waals surface area contributed by atoms with E-state index < -0.39 is 0 Å². The number of aromatic nitrogens is 2. The fourth-order valence-electron chi connectivity index (χ4n) is 8.16. The Morgan fingerprint density at radius 2 is 1.13 bits per heavy atom. The van der Waals surface area contributed by atoms with E-state index in [9.17, 15) is 10.5 Å². The average molecular weight is 691 g/mol. The summed E-state index contributed by atoms with van der Waals surface area (Å²) in [6.07, 6.45) is 0. The van der Waals surface area contributed by atoms with Gasteiger partial charge in [0.1, 0.15) is 6.07 Å². The number of thiophene rings is 1. The predicted molar refractivity (Wildman–Crippen MR) is 215 cm³/mol. The van der Waals surface area contributed by atoms with Crippen LogP contribution in [0, 0.1) is 35.8 Å². The Morgan fingerprint density at radius 3 is 1.79 bits per heavy atom. The zero-order chi connectivity index (χ0) is 35.8. The molecule has 0 amide bonds. The lowest BCUT2D eigenvalue weighted by molar-refractivity contribution is 1.17. The molecule has 3 heterocycles. The van der Waals surface area contributed by atoms with E-state index >= 15 is 0 Å². The number of nitrogens with zero attached hydrogens (tertiary/aromatic N) is 6. The Kier molecular flexibility index (Phi) is 6.50. The molecular formula is C46H22N6S. The quantitative estimate of drug-likeness (QED) is 0.173. The Labute approximate surface area is 307 Å². The summed E-state index contributed by atoms with van der Waals surface area (Å²) in [7, 11) is 0. The second-order valence-electron chi connectivity index (χ2n) is 12.8. The fraction of sp³-hybridized carbons (Fsp3) is 0. The van der Waals surface area contributed by atoms with Crippen molar-refractivity contribution < 1.29 is 0 Å². The first kappa shape index (κ1) is 30.2. The van der Waals surface area contributed by atoms with Crippen LogP contribution in [0.15, 0.2) is 133 Å². The van der Waals surface area contributed by atoms with Crippen molar-refractivity contribution in [3.05, 3.63) is 167 Å². The number of rotatable bonds is 3. The molecule has 10 rings (SSSR count). The van der Waals surface area contributed by atoms with Crippen LogP contribution >= 0.6 is 11.3 Å². The molecule has 0 aliphatic carbocycles. The number of hydrogen-bond donors (Lipinski definition) is 0. The highest BCUT2D eigenvalue weighted by Gasteiger charge is 2.27. The third-order valence-corrected chi connectivity index (χ3v) is 11.4. The van der Waals surface area contributed by atoms with E-state index in [1.165, 1.54) is 14.8 Å². The molecule has 0 N–H and O–H groups in total. The van der Waals surface area contributed by atoms with Gasteiger partial charge in [-0.3, -0.25) is 0 Å². The molecule has 7 aromatic carbocycles. The lowest BCUT2D eigenvalue weighted by Crippen LogP contribution is -2.03. The van der Waals surface area contributed by atoms with Gasteiger partial charge in [-0.25, -0.2) is 9.69 Å². The smallest absolute Gasteiger partial charge is 0.218 e.